The summed E-state index contributed by atoms with van der Waals surface area (Å²) in [5.74, 6) is 0.141. The minimum absolute atomic E-state index is 0.232. The van der Waals surface area contributed by atoms with Crippen LogP contribution in [0.5, 0.6) is 0 Å². The number of nitrogens with one attached hydrogen (secondary N) is 2. The molecule has 4 N–H and O–H groups in total. The molecule has 0 bridgehead atoms. The van der Waals surface area contributed by atoms with Crippen LogP contribution in [0, 0.1) is 5.92 Å². The van der Waals surface area contributed by atoms with Crippen molar-refractivity contribution in [1.29, 1.82) is 0 Å². The van der Waals surface area contributed by atoms with Crippen LogP contribution in [0.2, 0.25) is 0 Å². The van der Waals surface area contributed by atoms with Gasteiger partial charge in [-0.15, -0.1) is 10.2 Å². The van der Waals surface area contributed by atoms with E-state index in [0.29, 0.717) is 16.7 Å². The Morgan fingerprint density at radius 3 is 2.94 bits per heavy atom. The van der Waals surface area contributed by atoms with Gasteiger partial charge in [-0.1, -0.05) is 25.2 Å². The SMILES string of the molecule is CC(C)Cc1nnc(NC(=O)c2[nH]ncc2N)s1. The van der Waals surface area contributed by atoms with Crippen molar-refractivity contribution in [3.05, 3.63) is 16.9 Å². The zero-order chi connectivity index (χ0) is 13.1. The molecule has 2 heterocycles. The molecule has 2 aromatic rings. The predicted molar refractivity (Wildman–Crippen MR) is 69.4 cm³/mol. The van der Waals surface area contributed by atoms with Crippen LogP contribution in [0.4, 0.5) is 10.8 Å². The molecule has 0 saturated carbocycles. The number of aromatic nitrogens is 4. The highest BCUT2D eigenvalue weighted by molar-refractivity contribution is 7.15. The smallest absolute Gasteiger partial charge is 0.277 e. The molecule has 0 spiro atoms. The maximum atomic E-state index is 11.8. The van der Waals surface area contributed by atoms with Crippen molar-refractivity contribution in [2.24, 2.45) is 5.92 Å². The zero-order valence-electron chi connectivity index (χ0n) is 10.1. The van der Waals surface area contributed by atoms with Gasteiger partial charge < -0.3 is 5.73 Å². The summed E-state index contributed by atoms with van der Waals surface area (Å²) >= 11 is 1.36. The quantitative estimate of drug-likeness (QED) is 0.772. The number of nitrogens with two attached hydrogens (primary N) is 1. The predicted octanol–water partition coefficient (Wildman–Crippen LogP) is 1.29. The summed E-state index contributed by atoms with van der Waals surface area (Å²) < 4.78 is 0. The second-order valence-electron chi connectivity index (χ2n) is 4.25. The highest BCUT2D eigenvalue weighted by Gasteiger charge is 2.14. The lowest BCUT2D eigenvalue weighted by atomic mass is 10.1. The van der Waals surface area contributed by atoms with Gasteiger partial charge in [-0.2, -0.15) is 5.10 Å². The first-order valence-electron chi connectivity index (χ1n) is 5.49. The Morgan fingerprint density at radius 2 is 2.33 bits per heavy atom. The van der Waals surface area contributed by atoms with Crippen molar-refractivity contribution in [2.75, 3.05) is 11.1 Å². The average molecular weight is 266 g/mol. The summed E-state index contributed by atoms with van der Waals surface area (Å²) in [6, 6.07) is 0. The Bertz CT molecular complexity index is 546. The molecule has 0 atom stereocenters. The van der Waals surface area contributed by atoms with Gasteiger partial charge in [0.15, 0.2) is 0 Å². The van der Waals surface area contributed by atoms with Crippen molar-refractivity contribution < 1.29 is 4.79 Å². The first-order chi connectivity index (χ1) is 8.56. The van der Waals surface area contributed by atoms with Crippen molar-refractivity contribution in [2.45, 2.75) is 20.3 Å². The van der Waals surface area contributed by atoms with E-state index in [4.69, 9.17) is 5.73 Å². The molecule has 8 heteroatoms. The zero-order valence-corrected chi connectivity index (χ0v) is 10.9. The Labute approximate surface area is 108 Å². The third kappa shape index (κ3) is 2.83. The van der Waals surface area contributed by atoms with E-state index in [-0.39, 0.29) is 11.6 Å². The molecule has 0 aliphatic heterocycles. The van der Waals surface area contributed by atoms with Crippen LogP contribution in [0.1, 0.15) is 29.3 Å². The van der Waals surface area contributed by atoms with Crippen molar-refractivity contribution in [3.8, 4) is 0 Å². The number of hydrogen-bond donors (Lipinski definition) is 3. The number of nitrogen functional groups attached to an aromatic ring is 1. The number of nitrogens with zero attached hydrogens (tertiary/aromatic N) is 3. The van der Waals surface area contributed by atoms with E-state index in [1.54, 1.807) is 0 Å². The van der Waals surface area contributed by atoms with E-state index in [0.717, 1.165) is 11.4 Å². The lowest BCUT2D eigenvalue weighted by Crippen LogP contribution is -2.13. The van der Waals surface area contributed by atoms with Crippen molar-refractivity contribution in [3.63, 3.8) is 0 Å². The maximum absolute atomic E-state index is 11.8. The molecule has 0 radical (unpaired) electrons. The minimum atomic E-state index is -0.364. The van der Waals surface area contributed by atoms with Crippen LogP contribution >= 0.6 is 11.3 Å². The van der Waals surface area contributed by atoms with Crippen molar-refractivity contribution in [1.82, 2.24) is 20.4 Å². The largest absolute Gasteiger partial charge is 0.396 e. The van der Waals surface area contributed by atoms with Gasteiger partial charge in [0.25, 0.3) is 5.91 Å². The molecule has 0 saturated heterocycles. The minimum Gasteiger partial charge on any atom is -0.396 e. The summed E-state index contributed by atoms with van der Waals surface area (Å²) in [6.07, 6.45) is 2.24. The van der Waals surface area contributed by atoms with E-state index in [2.05, 4.69) is 39.6 Å². The molecule has 0 aliphatic rings. The topological polar surface area (TPSA) is 110 Å². The third-order valence-electron chi connectivity index (χ3n) is 2.17. The van der Waals surface area contributed by atoms with E-state index in [9.17, 15) is 4.79 Å². The number of H-pyrrole nitrogens is 1. The normalized spacial score (nSPS) is 10.8. The third-order valence-corrected chi connectivity index (χ3v) is 3.03. The fourth-order valence-corrected chi connectivity index (χ4v) is 2.32. The Balaban J connectivity index is 2.04. The molecule has 0 aromatic carbocycles. The van der Waals surface area contributed by atoms with Gasteiger partial charge >= 0.3 is 0 Å². The monoisotopic (exact) mass is 266 g/mol. The molecular weight excluding hydrogens is 252 g/mol. The number of rotatable bonds is 4. The van der Waals surface area contributed by atoms with Crippen LogP contribution < -0.4 is 11.1 Å². The molecule has 18 heavy (non-hydrogen) atoms. The molecule has 0 aliphatic carbocycles. The van der Waals surface area contributed by atoms with Gasteiger partial charge in [0.2, 0.25) is 5.13 Å². The molecule has 0 unspecified atom stereocenters. The van der Waals surface area contributed by atoms with Gasteiger partial charge in [-0.25, -0.2) is 0 Å². The van der Waals surface area contributed by atoms with Gasteiger partial charge in [-0.3, -0.25) is 15.2 Å². The fourth-order valence-electron chi connectivity index (χ4n) is 1.37. The Kier molecular flexibility index (Phi) is 3.56. The molecule has 2 aromatic heterocycles. The van der Waals surface area contributed by atoms with Gasteiger partial charge in [-0.05, 0) is 5.92 Å². The number of amides is 1. The highest BCUT2D eigenvalue weighted by Crippen LogP contribution is 2.19. The molecule has 96 valence electrons. The molecule has 2 rings (SSSR count). The first kappa shape index (κ1) is 12.5. The van der Waals surface area contributed by atoms with Crippen LogP contribution in [0.25, 0.3) is 0 Å². The summed E-state index contributed by atoms with van der Waals surface area (Å²) in [4.78, 5) is 11.8. The summed E-state index contributed by atoms with van der Waals surface area (Å²) in [5, 5.41) is 18.1. The lowest BCUT2D eigenvalue weighted by molar-refractivity contribution is 0.102. The van der Waals surface area contributed by atoms with E-state index in [1.807, 2.05) is 0 Å². The van der Waals surface area contributed by atoms with Crippen LogP contribution in [-0.4, -0.2) is 26.3 Å². The number of carbonyl (C=O) groups excluding carboxylic acids is 1. The average Bonchev–Trinajstić information content (AvgIpc) is 2.87. The van der Waals surface area contributed by atoms with Crippen molar-refractivity contribution >= 4 is 28.1 Å². The van der Waals surface area contributed by atoms with E-state index < -0.39 is 0 Å². The standard InChI is InChI=1S/C10H14N6OS/c1-5(2)3-7-14-16-10(18-7)13-9(17)8-6(11)4-12-15-8/h4-5H,3,11H2,1-2H3,(H,12,15)(H,13,16,17). The van der Waals surface area contributed by atoms with Crippen LogP contribution in [0.15, 0.2) is 6.20 Å². The molecule has 0 fully saturated rings. The van der Waals surface area contributed by atoms with E-state index in [1.165, 1.54) is 17.5 Å². The number of anilines is 2. The second-order valence-corrected chi connectivity index (χ2v) is 5.32. The Morgan fingerprint density at radius 1 is 1.56 bits per heavy atom. The fraction of sp³-hybridized carbons (Fsp3) is 0.400. The number of carbonyl (C=O) groups is 1. The maximum Gasteiger partial charge on any atom is 0.277 e. The summed E-state index contributed by atoms with van der Waals surface area (Å²) in [7, 11) is 0. The van der Waals surface area contributed by atoms with Crippen LogP contribution in [0.3, 0.4) is 0 Å². The summed E-state index contributed by atoms with van der Waals surface area (Å²) in [6.45, 7) is 4.20. The van der Waals surface area contributed by atoms with E-state index >= 15 is 0 Å². The van der Waals surface area contributed by atoms with Crippen LogP contribution in [-0.2, 0) is 6.42 Å². The van der Waals surface area contributed by atoms with Gasteiger partial charge in [0, 0.05) is 6.42 Å². The molecular formula is C10H14N6OS. The molecule has 1 amide bonds. The van der Waals surface area contributed by atoms with Gasteiger partial charge in [0.1, 0.15) is 10.7 Å². The second kappa shape index (κ2) is 5.13. The Hall–Kier alpha value is -1.96. The number of hydrogen-bond acceptors (Lipinski definition) is 6. The van der Waals surface area contributed by atoms with Gasteiger partial charge in [0.05, 0.1) is 11.9 Å². The molecule has 7 nitrogen and oxygen atoms in total. The highest BCUT2D eigenvalue weighted by atomic mass is 32.1. The first-order valence-corrected chi connectivity index (χ1v) is 6.30. The number of aromatic amines is 1. The lowest BCUT2D eigenvalue weighted by Gasteiger charge is -1.99. The summed E-state index contributed by atoms with van der Waals surface area (Å²) in [5.41, 5.74) is 6.12.